The second-order valence-electron chi connectivity index (χ2n) is 9.38. The SMILES string of the molecule is CCC(C)(C)Oc1ccc2[nH]nc(-c3cc(N4CCN(Cc5ccncc5)CC4)ncn3)c2c1. The summed E-state index contributed by atoms with van der Waals surface area (Å²) in [6.07, 6.45) is 6.27. The molecule has 8 nitrogen and oxygen atoms in total. The van der Waals surface area contributed by atoms with Crippen LogP contribution in [0.1, 0.15) is 32.8 Å². The fourth-order valence-electron chi connectivity index (χ4n) is 4.17. The Hall–Kier alpha value is -3.52. The molecule has 0 unspecified atom stereocenters. The van der Waals surface area contributed by atoms with Crippen molar-refractivity contribution in [3.8, 4) is 17.1 Å². The van der Waals surface area contributed by atoms with Gasteiger partial charge >= 0.3 is 0 Å². The molecular weight excluding hydrogens is 426 g/mol. The quantitative estimate of drug-likeness (QED) is 0.443. The van der Waals surface area contributed by atoms with Crippen molar-refractivity contribution in [2.24, 2.45) is 0 Å². The summed E-state index contributed by atoms with van der Waals surface area (Å²) >= 11 is 0. The minimum Gasteiger partial charge on any atom is -0.488 e. The van der Waals surface area contributed by atoms with Gasteiger partial charge in [0, 0.05) is 56.6 Å². The summed E-state index contributed by atoms with van der Waals surface area (Å²) in [5.74, 6) is 1.77. The Bertz CT molecular complexity index is 1250. The van der Waals surface area contributed by atoms with Crippen LogP contribution in [0.25, 0.3) is 22.3 Å². The second-order valence-corrected chi connectivity index (χ2v) is 9.38. The number of pyridine rings is 1. The van der Waals surface area contributed by atoms with Crippen molar-refractivity contribution < 1.29 is 4.74 Å². The predicted octanol–water partition coefficient (Wildman–Crippen LogP) is 4.30. The molecule has 0 aliphatic carbocycles. The van der Waals surface area contributed by atoms with Gasteiger partial charge in [0.05, 0.1) is 11.2 Å². The first-order chi connectivity index (χ1) is 16.5. The lowest BCUT2D eigenvalue weighted by molar-refractivity contribution is 0.105. The van der Waals surface area contributed by atoms with Crippen LogP contribution in [0.5, 0.6) is 5.75 Å². The number of rotatable bonds is 7. The van der Waals surface area contributed by atoms with Crippen molar-refractivity contribution in [3.63, 3.8) is 0 Å². The number of piperazine rings is 1. The zero-order chi connectivity index (χ0) is 23.5. The first-order valence-electron chi connectivity index (χ1n) is 11.9. The van der Waals surface area contributed by atoms with Crippen LogP contribution in [0.4, 0.5) is 5.82 Å². The molecule has 4 aromatic rings. The first kappa shape index (κ1) is 22.3. The molecule has 176 valence electrons. The van der Waals surface area contributed by atoms with Gasteiger partial charge in [-0.15, -0.1) is 0 Å². The minimum atomic E-state index is -0.223. The van der Waals surface area contributed by atoms with E-state index >= 15 is 0 Å². The monoisotopic (exact) mass is 457 g/mol. The second kappa shape index (κ2) is 9.38. The molecule has 5 rings (SSSR count). The Morgan fingerprint density at radius 3 is 2.56 bits per heavy atom. The van der Waals surface area contributed by atoms with Crippen LogP contribution >= 0.6 is 0 Å². The molecule has 0 amide bonds. The van der Waals surface area contributed by atoms with Crippen LogP contribution in [-0.4, -0.2) is 61.8 Å². The average Bonchev–Trinajstić information content (AvgIpc) is 3.28. The molecule has 34 heavy (non-hydrogen) atoms. The molecule has 3 aromatic heterocycles. The molecule has 1 aromatic carbocycles. The van der Waals surface area contributed by atoms with E-state index in [4.69, 9.17) is 4.74 Å². The molecule has 1 aliphatic rings. The van der Waals surface area contributed by atoms with Crippen LogP contribution in [0.15, 0.2) is 55.1 Å². The number of fused-ring (bicyclic) bond motifs is 1. The number of aromatic amines is 1. The highest BCUT2D eigenvalue weighted by Crippen LogP contribution is 2.31. The first-order valence-corrected chi connectivity index (χ1v) is 11.9. The molecule has 1 saturated heterocycles. The van der Waals surface area contributed by atoms with Gasteiger partial charge in [0.2, 0.25) is 0 Å². The van der Waals surface area contributed by atoms with E-state index in [0.29, 0.717) is 0 Å². The number of H-pyrrole nitrogens is 1. The van der Waals surface area contributed by atoms with E-state index in [-0.39, 0.29) is 5.60 Å². The number of benzene rings is 1. The maximum absolute atomic E-state index is 6.20. The van der Waals surface area contributed by atoms with E-state index in [1.165, 1.54) is 5.56 Å². The maximum atomic E-state index is 6.20. The highest BCUT2D eigenvalue weighted by molar-refractivity contribution is 5.93. The summed E-state index contributed by atoms with van der Waals surface area (Å²) in [5.41, 5.74) is 3.65. The predicted molar refractivity (Wildman–Crippen MR) is 134 cm³/mol. The molecule has 8 heteroatoms. The average molecular weight is 458 g/mol. The lowest BCUT2D eigenvalue weighted by Gasteiger charge is -2.35. The number of hydrogen-bond donors (Lipinski definition) is 1. The molecule has 1 N–H and O–H groups in total. The van der Waals surface area contributed by atoms with Crippen LogP contribution in [0.3, 0.4) is 0 Å². The fourth-order valence-corrected chi connectivity index (χ4v) is 4.17. The number of aromatic nitrogens is 5. The van der Waals surface area contributed by atoms with E-state index in [1.54, 1.807) is 6.33 Å². The lowest BCUT2D eigenvalue weighted by Crippen LogP contribution is -2.46. The highest BCUT2D eigenvalue weighted by Gasteiger charge is 2.21. The third-order valence-electron chi connectivity index (χ3n) is 6.53. The topological polar surface area (TPSA) is 83.1 Å². The molecule has 0 saturated carbocycles. The van der Waals surface area contributed by atoms with Crippen LogP contribution in [0, 0.1) is 0 Å². The molecule has 0 bridgehead atoms. The smallest absolute Gasteiger partial charge is 0.132 e. The lowest BCUT2D eigenvalue weighted by atomic mass is 10.1. The fraction of sp³-hybridized carbons (Fsp3) is 0.385. The summed E-state index contributed by atoms with van der Waals surface area (Å²) in [7, 11) is 0. The molecule has 4 heterocycles. The van der Waals surface area contributed by atoms with E-state index in [1.807, 2.05) is 36.7 Å². The van der Waals surface area contributed by atoms with E-state index in [9.17, 15) is 0 Å². The van der Waals surface area contributed by atoms with Crippen molar-refractivity contribution in [1.82, 2.24) is 30.0 Å². The van der Waals surface area contributed by atoms with E-state index in [0.717, 1.165) is 73.0 Å². The van der Waals surface area contributed by atoms with Crippen LogP contribution in [-0.2, 0) is 6.54 Å². The van der Waals surface area contributed by atoms with Crippen LogP contribution < -0.4 is 9.64 Å². The van der Waals surface area contributed by atoms with Crippen LogP contribution in [0.2, 0.25) is 0 Å². The highest BCUT2D eigenvalue weighted by atomic mass is 16.5. The third-order valence-corrected chi connectivity index (χ3v) is 6.53. The summed E-state index contributed by atoms with van der Waals surface area (Å²) < 4.78 is 6.20. The van der Waals surface area contributed by atoms with Gasteiger partial charge in [0.15, 0.2) is 0 Å². The zero-order valence-electron chi connectivity index (χ0n) is 20.0. The molecule has 1 fully saturated rings. The van der Waals surface area contributed by atoms with E-state index < -0.39 is 0 Å². The van der Waals surface area contributed by atoms with Gasteiger partial charge in [-0.1, -0.05) is 6.92 Å². The van der Waals surface area contributed by atoms with E-state index in [2.05, 4.69) is 67.9 Å². The Morgan fingerprint density at radius 1 is 1.00 bits per heavy atom. The summed E-state index contributed by atoms with van der Waals surface area (Å²) in [4.78, 5) is 18.0. The number of nitrogens with one attached hydrogen (secondary N) is 1. The van der Waals surface area contributed by atoms with Gasteiger partial charge < -0.3 is 9.64 Å². The summed E-state index contributed by atoms with van der Waals surface area (Å²) in [5, 5.41) is 8.69. The van der Waals surface area contributed by atoms with Crippen molar-refractivity contribution >= 4 is 16.7 Å². The molecule has 0 atom stereocenters. The Balaban J connectivity index is 1.32. The maximum Gasteiger partial charge on any atom is 0.132 e. The van der Waals surface area contributed by atoms with Gasteiger partial charge in [0.25, 0.3) is 0 Å². The number of nitrogens with zero attached hydrogens (tertiary/aromatic N) is 6. The molecule has 1 aliphatic heterocycles. The molecular formula is C26H31N7O. The third kappa shape index (κ3) is 4.87. The molecule has 0 radical (unpaired) electrons. The normalized spacial score (nSPS) is 15.1. The van der Waals surface area contributed by atoms with Gasteiger partial charge in [0.1, 0.15) is 29.2 Å². The largest absolute Gasteiger partial charge is 0.488 e. The van der Waals surface area contributed by atoms with Gasteiger partial charge in [-0.05, 0) is 56.2 Å². The zero-order valence-corrected chi connectivity index (χ0v) is 20.0. The van der Waals surface area contributed by atoms with Crippen molar-refractivity contribution in [2.75, 3.05) is 31.1 Å². The van der Waals surface area contributed by atoms with Gasteiger partial charge in [-0.3, -0.25) is 15.0 Å². The summed E-state index contributed by atoms with van der Waals surface area (Å²) in [6, 6.07) is 12.2. The van der Waals surface area contributed by atoms with Crippen molar-refractivity contribution in [2.45, 2.75) is 39.3 Å². The number of ether oxygens (including phenoxy) is 1. The Morgan fingerprint density at radius 2 is 1.79 bits per heavy atom. The Kier molecular flexibility index (Phi) is 6.15. The summed E-state index contributed by atoms with van der Waals surface area (Å²) in [6.45, 7) is 11.1. The van der Waals surface area contributed by atoms with Gasteiger partial charge in [-0.2, -0.15) is 5.10 Å². The van der Waals surface area contributed by atoms with Crippen molar-refractivity contribution in [3.05, 3.63) is 60.7 Å². The number of anilines is 1. The molecule has 0 spiro atoms. The van der Waals surface area contributed by atoms with Gasteiger partial charge in [-0.25, -0.2) is 9.97 Å². The standard InChI is InChI=1S/C26H31N7O/c1-4-26(2,3)34-20-5-6-22-21(15-20)25(31-30-22)23-16-24(29-18-28-23)33-13-11-32(12-14-33)17-19-7-9-27-10-8-19/h5-10,15-16,18H,4,11-14,17H2,1-3H3,(H,30,31). The minimum absolute atomic E-state index is 0.223. The van der Waals surface area contributed by atoms with Crippen molar-refractivity contribution in [1.29, 1.82) is 0 Å². The number of hydrogen-bond acceptors (Lipinski definition) is 7. The Labute approximate surface area is 200 Å².